The molecule has 1 unspecified atom stereocenters. The number of amides is 1. The van der Waals surface area contributed by atoms with Crippen LogP contribution < -0.4 is 5.73 Å². The number of carbonyl (C=O) groups excluding carboxylic acids is 1. The van der Waals surface area contributed by atoms with Crippen molar-refractivity contribution in [2.75, 3.05) is 27.2 Å². The normalized spacial score (nSPS) is 18.6. The summed E-state index contributed by atoms with van der Waals surface area (Å²) in [5.41, 5.74) is 7.90. The first-order valence-electron chi connectivity index (χ1n) is 8.69. The minimum Gasteiger partial charge on any atom is -0.366 e. The molecule has 2 aromatic rings. The van der Waals surface area contributed by atoms with Crippen LogP contribution in [-0.2, 0) is 10.2 Å². The lowest BCUT2D eigenvalue weighted by Gasteiger charge is -2.33. The first-order valence-corrected chi connectivity index (χ1v) is 10.1. The standard InChI is InChI=1S/C18H23N5O3S/c1-22(2)27(25,26)23-10-4-7-15(12-23)17-16(20-8-9-21-17)13-5-3-6-14(11-13)18(19)24/h3,5-6,8-9,11,15H,4,7,10,12H2,1-2H3,(H2,19,24). The molecule has 0 bridgehead atoms. The van der Waals surface area contributed by atoms with E-state index in [1.165, 1.54) is 22.7 Å². The lowest BCUT2D eigenvalue weighted by Crippen LogP contribution is -2.45. The maximum absolute atomic E-state index is 12.5. The number of rotatable bonds is 5. The average Bonchev–Trinajstić information content (AvgIpc) is 2.68. The minimum atomic E-state index is -3.48. The maximum atomic E-state index is 12.5. The first-order chi connectivity index (χ1) is 12.8. The average molecular weight is 389 g/mol. The molecule has 0 spiro atoms. The van der Waals surface area contributed by atoms with Gasteiger partial charge in [-0.1, -0.05) is 12.1 Å². The van der Waals surface area contributed by atoms with Crippen LogP contribution in [0.3, 0.4) is 0 Å². The van der Waals surface area contributed by atoms with Crippen molar-refractivity contribution in [3.05, 3.63) is 47.9 Å². The van der Waals surface area contributed by atoms with Crippen LogP contribution in [-0.4, -0.2) is 60.1 Å². The summed E-state index contributed by atoms with van der Waals surface area (Å²) in [7, 11) is -0.419. The fourth-order valence-electron chi connectivity index (χ4n) is 3.30. The Balaban J connectivity index is 1.97. The highest BCUT2D eigenvalue weighted by Crippen LogP contribution is 2.33. The van der Waals surface area contributed by atoms with E-state index in [-0.39, 0.29) is 5.92 Å². The van der Waals surface area contributed by atoms with Gasteiger partial charge in [0.05, 0.1) is 11.4 Å². The lowest BCUT2D eigenvalue weighted by molar-refractivity contribution is 0.100. The first kappa shape index (κ1) is 19.4. The van der Waals surface area contributed by atoms with Crippen LogP contribution in [0.15, 0.2) is 36.7 Å². The predicted molar refractivity (Wildman–Crippen MR) is 102 cm³/mol. The number of benzene rings is 1. The van der Waals surface area contributed by atoms with Gasteiger partial charge < -0.3 is 5.73 Å². The predicted octanol–water partition coefficient (Wildman–Crippen LogP) is 1.23. The number of hydrogen-bond donors (Lipinski definition) is 1. The van der Waals surface area contributed by atoms with Crippen LogP contribution in [0.2, 0.25) is 0 Å². The zero-order valence-electron chi connectivity index (χ0n) is 15.4. The molecule has 1 amide bonds. The summed E-state index contributed by atoms with van der Waals surface area (Å²) in [6, 6.07) is 6.93. The molecule has 1 aromatic heterocycles. The molecule has 9 heteroatoms. The maximum Gasteiger partial charge on any atom is 0.281 e. The van der Waals surface area contributed by atoms with Crippen molar-refractivity contribution in [1.29, 1.82) is 0 Å². The van der Waals surface area contributed by atoms with E-state index in [0.717, 1.165) is 24.1 Å². The molecule has 2 heterocycles. The Hall–Kier alpha value is -2.36. The van der Waals surface area contributed by atoms with Crippen molar-refractivity contribution in [2.24, 2.45) is 5.73 Å². The Bertz CT molecular complexity index is 946. The Morgan fingerprint density at radius 1 is 1.26 bits per heavy atom. The minimum absolute atomic E-state index is 0.0746. The van der Waals surface area contributed by atoms with Crippen LogP contribution in [0.25, 0.3) is 11.3 Å². The molecule has 0 aliphatic carbocycles. The second kappa shape index (κ2) is 7.71. The topological polar surface area (TPSA) is 109 Å². The summed E-state index contributed by atoms with van der Waals surface area (Å²) in [5.74, 6) is -0.586. The summed E-state index contributed by atoms with van der Waals surface area (Å²) >= 11 is 0. The third-order valence-electron chi connectivity index (χ3n) is 4.71. The van der Waals surface area contributed by atoms with E-state index in [0.29, 0.717) is 24.3 Å². The Kier molecular flexibility index (Phi) is 5.54. The molecule has 8 nitrogen and oxygen atoms in total. The number of nitrogens with two attached hydrogens (primary N) is 1. The summed E-state index contributed by atoms with van der Waals surface area (Å²) in [5, 5.41) is 0. The zero-order valence-corrected chi connectivity index (χ0v) is 16.2. The molecule has 0 saturated carbocycles. The third-order valence-corrected chi connectivity index (χ3v) is 6.61. The van der Waals surface area contributed by atoms with E-state index in [1.54, 1.807) is 30.6 Å². The smallest absolute Gasteiger partial charge is 0.281 e. The molecule has 1 aliphatic rings. The number of piperidine rings is 1. The van der Waals surface area contributed by atoms with E-state index in [9.17, 15) is 13.2 Å². The number of primary amides is 1. The second-order valence-electron chi connectivity index (χ2n) is 6.72. The molecule has 1 aliphatic heterocycles. The molecule has 0 radical (unpaired) electrons. The Morgan fingerprint density at radius 2 is 2.00 bits per heavy atom. The summed E-state index contributed by atoms with van der Waals surface area (Å²) in [4.78, 5) is 20.5. The molecule has 144 valence electrons. The van der Waals surface area contributed by atoms with E-state index >= 15 is 0 Å². The molecule has 3 rings (SSSR count). The molecule has 1 aromatic carbocycles. The highest BCUT2D eigenvalue weighted by atomic mass is 32.2. The van der Waals surface area contributed by atoms with Gasteiger partial charge in [-0.05, 0) is 25.0 Å². The fourth-order valence-corrected chi connectivity index (χ4v) is 4.49. The van der Waals surface area contributed by atoms with Gasteiger partial charge in [0.1, 0.15) is 0 Å². The summed E-state index contributed by atoms with van der Waals surface area (Å²) in [6.45, 7) is 0.839. The second-order valence-corrected chi connectivity index (χ2v) is 8.86. The van der Waals surface area contributed by atoms with Gasteiger partial charge in [0.15, 0.2) is 0 Å². The Morgan fingerprint density at radius 3 is 2.70 bits per heavy atom. The Labute approximate surface area is 159 Å². The number of nitrogens with zero attached hydrogens (tertiary/aromatic N) is 4. The third kappa shape index (κ3) is 4.00. The monoisotopic (exact) mass is 389 g/mol. The largest absolute Gasteiger partial charge is 0.366 e. The van der Waals surface area contributed by atoms with Gasteiger partial charge in [0.2, 0.25) is 5.91 Å². The van der Waals surface area contributed by atoms with Gasteiger partial charge in [0.25, 0.3) is 10.2 Å². The number of aromatic nitrogens is 2. The van der Waals surface area contributed by atoms with Crippen molar-refractivity contribution in [2.45, 2.75) is 18.8 Å². The van der Waals surface area contributed by atoms with Crippen molar-refractivity contribution < 1.29 is 13.2 Å². The molecule has 27 heavy (non-hydrogen) atoms. The van der Waals surface area contributed by atoms with Crippen molar-refractivity contribution in [3.63, 3.8) is 0 Å². The van der Waals surface area contributed by atoms with Gasteiger partial charge in [0, 0.05) is 56.6 Å². The van der Waals surface area contributed by atoms with Crippen LogP contribution in [0, 0.1) is 0 Å². The van der Waals surface area contributed by atoms with Gasteiger partial charge in [-0.15, -0.1) is 0 Å². The SMILES string of the molecule is CN(C)S(=O)(=O)N1CCCC(c2nccnc2-c2cccc(C(N)=O)c2)C1. The van der Waals surface area contributed by atoms with Gasteiger partial charge in [-0.3, -0.25) is 14.8 Å². The van der Waals surface area contributed by atoms with E-state index in [1.807, 2.05) is 6.07 Å². The molecule has 1 fully saturated rings. The molecule has 1 atom stereocenters. The van der Waals surface area contributed by atoms with Gasteiger partial charge in [-0.2, -0.15) is 17.0 Å². The molecule has 1 saturated heterocycles. The quantitative estimate of drug-likeness (QED) is 0.827. The van der Waals surface area contributed by atoms with Crippen LogP contribution in [0.1, 0.15) is 34.8 Å². The fraction of sp³-hybridized carbons (Fsp3) is 0.389. The number of carbonyl (C=O) groups is 1. The molecule has 2 N–H and O–H groups in total. The number of hydrogen-bond acceptors (Lipinski definition) is 5. The van der Waals surface area contributed by atoms with Crippen LogP contribution in [0.4, 0.5) is 0 Å². The van der Waals surface area contributed by atoms with Crippen LogP contribution in [0.5, 0.6) is 0 Å². The van der Waals surface area contributed by atoms with Crippen molar-refractivity contribution in [3.8, 4) is 11.3 Å². The highest BCUT2D eigenvalue weighted by Gasteiger charge is 2.32. The van der Waals surface area contributed by atoms with E-state index < -0.39 is 16.1 Å². The van der Waals surface area contributed by atoms with Crippen molar-refractivity contribution >= 4 is 16.1 Å². The molecular weight excluding hydrogens is 366 g/mol. The van der Waals surface area contributed by atoms with Crippen LogP contribution >= 0.6 is 0 Å². The van der Waals surface area contributed by atoms with Gasteiger partial charge in [-0.25, -0.2) is 0 Å². The van der Waals surface area contributed by atoms with E-state index in [2.05, 4.69) is 9.97 Å². The summed E-state index contributed by atoms with van der Waals surface area (Å²) in [6.07, 6.45) is 4.76. The zero-order chi connectivity index (χ0) is 19.6. The lowest BCUT2D eigenvalue weighted by atomic mass is 9.92. The van der Waals surface area contributed by atoms with Gasteiger partial charge >= 0.3 is 0 Å². The highest BCUT2D eigenvalue weighted by molar-refractivity contribution is 7.86. The van der Waals surface area contributed by atoms with E-state index in [4.69, 9.17) is 5.73 Å². The molecular formula is C18H23N5O3S. The summed E-state index contributed by atoms with van der Waals surface area (Å²) < 4.78 is 27.7. The van der Waals surface area contributed by atoms with Crippen molar-refractivity contribution in [1.82, 2.24) is 18.6 Å².